The van der Waals surface area contributed by atoms with E-state index >= 15 is 0 Å². The Hall–Kier alpha value is -1.28. The van der Waals surface area contributed by atoms with Crippen LogP contribution >= 0.6 is 0 Å². The number of rotatable bonds is 4. The third kappa shape index (κ3) is 2.89. The van der Waals surface area contributed by atoms with Gasteiger partial charge in [-0.05, 0) is 24.6 Å². The maximum atomic E-state index is 9.75. The molecule has 0 aliphatic rings. The first-order valence-corrected chi connectivity index (χ1v) is 4.56. The van der Waals surface area contributed by atoms with E-state index in [1.807, 2.05) is 24.3 Å². The highest BCUT2D eigenvalue weighted by Crippen LogP contribution is 2.17. The fourth-order valence-corrected chi connectivity index (χ4v) is 1.23. The molecule has 0 fully saturated rings. The van der Waals surface area contributed by atoms with Crippen LogP contribution in [0.2, 0.25) is 0 Å². The maximum Gasteiger partial charge on any atom is 0.118 e. The van der Waals surface area contributed by atoms with Gasteiger partial charge in [-0.1, -0.05) is 18.2 Å². The summed E-state index contributed by atoms with van der Waals surface area (Å²) in [4.78, 5) is 0. The lowest BCUT2D eigenvalue weighted by Gasteiger charge is -2.18. The fraction of sp³-hybridized carbons (Fsp3) is 0.333. The van der Waals surface area contributed by atoms with Gasteiger partial charge in [-0.3, -0.25) is 0 Å². The second kappa shape index (κ2) is 4.29. The minimum absolute atomic E-state index is 0.570. The van der Waals surface area contributed by atoms with Gasteiger partial charge in [0.2, 0.25) is 0 Å². The zero-order valence-corrected chi connectivity index (χ0v) is 8.66. The first-order chi connectivity index (χ1) is 6.57. The summed E-state index contributed by atoms with van der Waals surface area (Å²) < 4.78 is 5.04. The van der Waals surface area contributed by atoms with E-state index < -0.39 is 5.60 Å². The van der Waals surface area contributed by atoms with Crippen molar-refractivity contribution in [2.45, 2.75) is 18.9 Å². The monoisotopic (exact) mass is 192 g/mol. The third-order valence-corrected chi connectivity index (χ3v) is 2.16. The molecule has 1 rings (SSSR count). The Kier molecular flexibility index (Phi) is 3.31. The molecular formula is C12H16O2. The standard InChI is InChI=1S/C12H16O2/c1-4-12(2,13)9-10-5-7-11(14-3)8-6-10/h4-8,13H,1,9H2,2-3H3. The molecule has 0 radical (unpaired) electrons. The Morgan fingerprint density at radius 1 is 1.43 bits per heavy atom. The molecule has 1 unspecified atom stereocenters. The minimum Gasteiger partial charge on any atom is -0.497 e. The fourth-order valence-electron chi connectivity index (χ4n) is 1.23. The van der Waals surface area contributed by atoms with Gasteiger partial charge in [0, 0.05) is 6.42 Å². The maximum absolute atomic E-state index is 9.75. The summed E-state index contributed by atoms with van der Waals surface area (Å²) in [6.45, 7) is 5.33. The molecule has 0 aliphatic carbocycles. The summed E-state index contributed by atoms with van der Waals surface area (Å²) in [7, 11) is 1.63. The van der Waals surface area contributed by atoms with E-state index in [0.29, 0.717) is 6.42 Å². The second-order valence-corrected chi connectivity index (χ2v) is 3.59. The van der Waals surface area contributed by atoms with Crippen molar-refractivity contribution in [2.75, 3.05) is 7.11 Å². The first-order valence-electron chi connectivity index (χ1n) is 4.56. The first kappa shape index (κ1) is 10.8. The molecule has 14 heavy (non-hydrogen) atoms. The van der Waals surface area contributed by atoms with Crippen molar-refractivity contribution in [3.05, 3.63) is 42.5 Å². The van der Waals surface area contributed by atoms with Crippen LogP contribution in [0.4, 0.5) is 0 Å². The molecule has 0 bridgehead atoms. The lowest BCUT2D eigenvalue weighted by molar-refractivity contribution is 0.112. The van der Waals surface area contributed by atoms with Crippen LogP contribution in [0, 0.1) is 0 Å². The quantitative estimate of drug-likeness (QED) is 0.741. The van der Waals surface area contributed by atoms with Gasteiger partial charge in [0.05, 0.1) is 12.7 Å². The molecule has 0 spiro atoms. The van der Waals surface area contributed by atoms with E-state index in [2.05, 4.69) is 6.58 Å². The van der Waals surface area contributed by atoms with Gasteiger partial charge >= 0.3 is 0 Å². The van der Waals surface area contributed by atoms with Crippen molar-refractivity contribution in [1.82, 2.24) is 0 Å². The number of aliphatic hydroxyl groups is 1. The van der Waals surface area contributed by atoms with Crippen molar-refractivity contribution in [1.29, 1.82) is 0 Å². The average molecular weight is 192 g/mol. The molecule has 1 aromatic carbocycles. The summed E-state index contributed by atoms with van der Waals surface area (Å²) in [6, 6.07) is 7.65. The molecular weight excluding hydrogens is 176 g/mol. The van der Waals surface area contributed by atoms with Gasteiger partial charge < -0.3 is 9.84 Å². The normalized spacial score (nSPS) is 14.5. The second-order valence-electron chi connectivity index (χ2n) is 3.59. The highest BCUT2D eigenvalue weighted by molar-refractivity contribution is 5.28. The summed E-state index contributed by atoms with van der Waals surface area (Å²) in [5.41, 5.74) is 0.227. The van der Waals surface area contributed by atoms with Crippen LogP contribution < -0.4 is 4.74 Å². The van der Waals surface area contributed by atoms with E-state index in [1.165, 1.54) is 0 Å². The topological polar surface area (TPSA) is 29.5 Å². The molecule has 1 aromatic rings. The van der Waals surface area contributed by atoms with Gasteiger partial charge in [-0.2, -0.15) is 0 Å². The zero-order valence-electron chi connectivity index (χ0n) is 8.66. The van der Waals surface area contributed by atoms with Crippen molar-refractivity contribution in [3.63, 3.8) is 0 Å². The van der Waals surface area contributed by atoms with E-state index in [4.69, 9.17) is 4.74 Å². The average Bonchev–Trinajstić information content (AvgIpc) is 2.19. The number of benzene rings is 1. The minimum atomic E-state index is -0.839. The van der Waals surface area contributed by atoms with Crippen molar-refractivity contribution in [3.8, 4) is 5.75 Å². The zero-order chi connectivity index (χ0) is 10.6. The van der Waals surface area contributed by atoms with Crippen LogP contribution in [-0.2, 0) is 6.42 Å². The Morgan fingerprint density at radius 3 is 2.43 bits per heavy atom. The molecule has 1 N–H and O–H groups in total. The van der Waals surface area contributed by atoms with E-state index in [0.717, 1.165) is 11.3 Å². The summed E-state index contributed by atoms with van der Waals surface area (Å²) in [5.74, 6) is 0.826. The molecule has 0 saturated carbocycles. The van der Waals surface area contributed by atoms with Crippen LogP contribution in [0.5, 0.6) is 5.75 Å². The van der Waals surface area contributed by atoms with Crippen molar-refractivity contribution >= 4 is 0 Å². The molecule has 0 heterocycles. The molecule has 0 amide bonds. The Bertz CT molecular complexity index is 299. The van der Waals surface area contributed by atoms with Crippen LogP contribution in [-0.4, -0.2) is 17.8 Å². The lowest BCUT2D eigenvalue weighted by atomic mass is 9.97. The van der Waals surface area contributed by atoms with Gasteiger partial charge in [0.1, 0.15) is 5.75 Å². The van der Waals surface area contributed by atoms with Gasteiger partial charge in [0.25, 0.3) is 0 Å². The number of methoxy groups -OCH3 is 1. The lowest BCUT2D eigenvalue weighted by Crippen LogP contribution is -2.23. The molecule has 76 valence electrons. The number of hydrogen-bond acceptors (Lipinski definition) is 2. The van der Waals surface area contributed by atoms with Crippen LogP contribution in [0.15, 0.2) is 36.9 Å². The number of hydrogen-bond donors (Lipinski definition) is 1. The highest BCUT2D eigenvalue weighted by Gasteiger charge is 2.15. The molecule has 0 saturated heterocycles. The number of ether oxygens (including phenoxy) is 1. The predicted molar refractivity (Wildman–Crippen MR) is 57.5 cm³/mol. The van der Waals surface area contributed by atoms with E-state index in [-0.39, 0.29) is 0 Å². The van der Waals surface area contributed by atoms with Gasteiger partial charge in [-0.15, -0.1) is 6.58 Å². The van der Waals surface area contributed by atoms with Crippen LogP contribution in [0.3, 0.4) is 0 Å². The third-order valence-electron chi connectivity index (χ3n) is 2.16. The summed E-state index contributed by atoms with van der Waals surface area (Å²) in [6.07, 6.45) is 2.12. The van der Waals surface area contributed by atoms with E-state index in [9.17, 15) is 5.11 Å². The molecule has 2 nitrogen and oxygen atoms in total. The molecule has 0 aromatic heterocycles. The summed E-state index contributed by atoms with van der Waals surface area (Å²) in [5, 5.41) is 9.75. The van der Waals surface area contributed by atoms with Crippen molar-refractivity contribution < 1.29 is 9.84 Å². The summed E-state index contributed by atoms with van der Waals surface area (Å²) >= 11 is 0. The SMILES string of the molecule is C=CC(C)(O)Cc1ccc(OC)cc1. The van der Waals surface area contributed by atoms with Crippen molar-refractivity contribution in [2.24, 2.45) is 0 Å². The Labute approximate surface area is 84.8 Å². The van der Waals surface area contributed by atoms with Gasteiger partial charge in [-0.25, -0.2) is 0 Å². The predicted octanol–water partition coefficient (Wildman–Crippen LogP) is 2.17. The van der Waals surface area contributed by atoms with Gasteiger partial charge in [0.15, 0.2) is 0 Å². The van der Waals surface area contributed by atoms with E-state index in [1.54, 1.807) is 20.1 Å². The molecule has 1 atom stereocenters. The Morgan fingerprint density at radius 2 is 2.00 bits per heavy atom. The smallest absolute Gasteiger partial charge is 0.118 e. The molecule has 0 aliphatic heterocycles. The Balaban J connectivity index is 2.73. The van der Waals surface area contributed by atoms with Crippen LogP contribution in [0.1, 0.15) is 12.5 Å². The van der Waals surface area contributed by atoms with Crippen LogP contribution in [0.25, 0.3) is 0 Å². The molecule has 2 heteroatoms. The highest BCUT2D eigenvalue weighted by atomic mass is 16.5. The largest absolute Gasteiger partial charge is 0.497 e.